The number of carboxylic acids is 1. The number of rotatable bonds is 15. The number of nitrogens with zero attached hydrogens (tertiary/aromatic N) is 3. The molecule has 16 heteroatoms. The molecule has 0 saturated heterocycles. The van der Waals surface area contributed by atoms with Crippen LogP contribution in [0, 0.1) is 20.2 Å². The van der Waals surface area contributed by atoms with Gasteiger partial charge in [0.1, 0.15) is 6.61 Å². The fraction of sp³-hybridized carbons (Fsp3) is 0.227. The number of aliphatic carboxylic acids is 1. The van der Waals surface area contributed by atoms with E-state index in [-0.39, 0.29) is 81.6 Å². The Morgan fingerprint density at radius 3 is 1.82 bits per heavy atom. The molecule has 0 bridgehead atoms. The molecule has 310 valence electrons. The number of carbonyl (C=O) groups excluding carboxylic acids is 3. The van der Waals surface area contributed by atoms with E-state index >= 15 is 0 Å². The summed E-state index contributed by atoms with van der Waals surface area (Å²) in [6.07, 6.45) is 6.91. The average molecular weight is 819 g/mol. The Labute approximate surface area is 344 Å². The first-order valence-corrected chi connectivity index (χ1v) is 18.6. The molecule has 0 aliphatic carbocycles. The molecule has 3 aromatic carbocycles. The average Bonchev–Trinajstić information content (AvgIpc) is 3.21. The highest BCUT2D eigenvalue weighted by molar-refractivity contribution is 6.08. The number of allylic oxidation sites excluding steroid dienone is 6. The van der Waals surface area contributed by atoms with Crippen LogP contribution in [-0.4, -0.2) is 70.6 Å². The number of hydrogen-bond donors (Lipinski definition) is 2. The molecule has 3 aromatic rings. The summed E-state index contributed by atoms with van der Waals surface area (Å²) in [6, 6.07) is 19.9. The van der Waals surface area contributed by atoms with Gasteiger partial charge < -0.3 is 29.5 Å². The van der Waals surface area contributed by atoms with Crippen molar-refractivity contribution in [3.63, 3.8) is 0 Å². The summed E-state index contributed by atoms with van der Waals surface area (Å²) in [5.41, 5.74) is 0.351. The van der Waals surface area contributed by atoms with Gasteiger partial charge in [-0.2, -0.15) is 0 Å². The molecule has 0 fully saturated rings. The molecule has 16 nitrogen and oxygen atoms in total. The Kier molecular flexibility index (Phi) is 14.1. The number of non-ortho nitro benzene ring substituents is 2. The van der Waals surface area contributed by atoms with Gasteiger partial charge in [0.25, 0.3) is 11.4 Å². The molecule has 2 aliphatic rings. The monoisotopic (exact) mass is 818 g/mol. The number of carbonyl (C=O) groups is 4. The summed E-state index contributed by atoms with van der Waals surface area (Å²) < 4.78 is 16.6. The third kappa shape index (κ3) is 9.62. The number of nitro benzene ring substituents is 2. The lowest BCUT2D eigenvalue weighted by Crippen LogP contribution is -2.38. The zero-order valence-electron chi connectivity index (χ0n) is 33.4. The van der Waals surface area contributed by atoms with E-state index in [9.17, 15) is 44.5 Å². The maximum absolute atomic E-state index is 14.6. The van der Waals surface area contributed by atoms with Crippen molar-refractivity contribution >= 4 is 41.3 Å². The van der Waals surface area contributed by atoms with Gasteiger partial charge in [-0.3, -0.25) is 20.2 Å². The van der Waals surface area contributed by atoms with Crippen LogP contribution >= 0.6 is 0 Å². The van der Waals surface area contributed by atoms with Crippen molar-refractivity contribution in [2.75, 3.05) is 26.9 Å². The van der Waals surface area contributed by atoms with Gasteiger partial charge in [0.2, 0.25) is 0 Å². The van der Waals surface area contributed by atoms with Crippen LogP contribution < -0.4 is 5.32 Å². The van der Waals surface area contributed by atoms with Gasteiger partial charge >= 0.3 is 23.9 Å². The van der Waals surface area contributed by atoms with E-state index in [1.165, 1.54) is 63.4 Å². The van der Waals surface area contributed by atoms with Crippen LogP contribution in [0.25, 0.3) is 6.08 Å². The second-order valence-corrected chi connectivity index (χ2v) is 13.7. The van der Waals surface area contributed by atoms with Crippen LogP contribution in [0.3, 0.4) is 0 Å². The van der Waals surface area contributed by atoms with E-state index in [0.717, 1.165) is 11.6 Å². The number of methoxy groups -OCH3 is 1. The molecule has 0 aromatic heterocycles. The van der Waals surface area contributed by atoms with Crippen LogP contribution in [0.5, 0.6) is 0 Å². The van der Waals surface area contributed by atoms with Gasteiger partial charge in [-0.15, -0.1) is 0 Å². The number of benzene rings is 3. The summed E-state index contributed by atoms with van der Waals surface area (Å²) in [4.78, 5) is 79.8. The van der Waals surface area contributed by atoms with Gasteiger partial charge in [0.15, 0.2) is 0 Å². The highest BCUT2D eigenvalue weighted by atomic mass is 16.6. The summed E-state index contributed by atoms with van der Waals surface area (Å²) in [5.74, 6) is -7.60. The summed E-state index contributed by atoms with van der Waals surface area (Å²) in [7, 11) is 1.46. The minimum absolute atomic E-state index is 0.0687. The van der Waals surface area contributed by atoms with Gasteiger partial charge in [-0.25, -0.2) is 19.2 Å². The lowest BCUT2D eigenvalue weighted by atomic mass is 9.79. The predicted molar refractivity (Wildman–Crippen MR) is 219 cm³/mol. The van der Waals surface area contributed by atoms with Crippen LogP contribution in [0.1, 0.15) is 56.2 Å². The Morgan fingerprint density at radius 2 is 1.27 bits per heavy atom. The number of nitrogens with one attached hydrogen (secondary N) is 1. The molecule has 0 saturated carbocycles. The maximum atomic E-state index is 14.6. The number of carboxylic acid groups (broad SMARTS) is 1. The Bertz CT molecular complexity index is 2430. The Hall–Kier alpha value is -7.46. The lowest BCUT2D eigenvalue weighted by molar-refractivity contribution is -0.385. The molecule has 5 rings (SSSR count). The molecule has 60 heavy (non-hydrogen) atoms. The van der Waals surface area contributed by atoms with E-state index < -0.39 is 45.6 Å². The molecule has 0 amide bonds. The summed E-state index contributed by atoms with van der Waals surface area (Å²) in [6.45, 7) is 6.17. The van der Waals surface area contributed by atoms with Crippen molar-refractivity contribution in [1.82, 2.24) is 10.2 Å². The lowest BCUT2D eigenvalue weighted by Gasteiger charge is -2.37. The van der Waals surface area contributed by atoms with E-state index in [0.29, 0.717) is 5.70 Å². The third-order valence-electron chi connectivity index (χ3n) is 10.00. The highest BCUT2D eigenvalue weighted by Crippen LogP contribution is 2.45. The number of dihydropyridines is 1. The molecule has 2 atom stereocenters. The minimum atomic E-state index is -1.43. The zero-order valence-corrected chi connectivity index (χ0v) is 33.4. The smallest absolute Gasteiger partial charge is 0.344 e. The van der Waals surface area contributed by atoms with Crippen LogP contribution in [0.15, 0.2) is 142 Å². The van der Waals surface area contributed by atoms with Crippen LogP contribution in [0.2, 0.25) is 0 Å². The Morgan fingerprint density at radius 1 is 0.733 bits per heavy atom. The second kappa shape index (κ2) is 19.3. The fourth-order valence-corrected chi connectivity index (χ4v) is 7.26. The standard InChI is InChI=1S/C44H42N4O12/c1-26-35(41(49)50)39(31-17-12-19-33(24-31)47(54)55)36(27(2)45-26)43(52)60-44(53)38-29(4)46(21-23-58-5)28(3)37(40(38)32-18-13-20-34(25-32)48(56)57)42(51)59-22-11-7-10-16-30-14-8-6-9-15-30/h6-20,24-25,39-40,45H,21-23H2,1-5H3,(H,49,50). The topological polar surface area (TPSA) is 218 Å². The van der Waals surface area contributed by atoms with E-state index in [1.807, 2.05) is 36.4 Å². The van der Waals surface area contributed by atoms with Crippen molar-refractivity contribution in [3.05, 3.63) is 179 Å². The van der Waals surface area contributed by atoms with Crippen LogP contribution in [0.4, 0.5) is 11.4 Å². The van der Waals surface area contributed by atoms with E-state index in [1.54, 1.807) is 37.0 Å². The molecule has 2 aliphatic heterocycles. The van der Waals surface area contributed by atoms with Gasteiger partial charge in [0, 0.05) is 60.7 Å². The first-order valence-electron chi connectivity index (χ1n) is 18.6. The van der Waals surface area contributed by atoms with E-state index in [4.69, 9.17) is 14.2 Å². The van der Waals surface area contributed by atoms with Crippen molar-refractivity contribution in [2.45, 2.75) is 39.5 Å². The third-order valence-corrected chi connectivity index (χ3v) is 10.00. The number of esters is 3. The number of nitro groups is 2. The molecule has 2 N–H and O–H groups in total. The molecular weight excluding hydrogens is 776 g/mol. The molecule has 2 unspecified atom stereocenters. The molecule has 0 radical (unpaired) electrons. The largest absolute Gasteiger partial charge is 0.478 e. The zero-order chi connectivity index (χ0) is 43.7. The molecule has 0 spiro atoms. The van der Waals surface area contributed by atoms with Gasteiger partial charge in [-0.1, -0.05) is 72.8 Å². The van der Waals surface area contributed by atoms with Crippen LogP contribution in [-0.2, 0) is 33.4 Å². The quantitative estimate of drug-likeness (QED) is 0.0519. The second-order valence-electron chi connectivity index (χ2n) is 13.7. The Balaban J connectivity index is 1.58. The van der Waals surface area contributed by atoms with Crippen molar-refractivity contribution in [3.8, 4) is 0 Å². The minimum Gasteiger partial charge on any atom is -0.478 e. The maximum Gasteiger partial charge on any atom is 0.344 e. The van der Waals surface area contributed by atoms with Gasteiger partial charge in [0.05, 0.1) is 50.6 Å². The molecular formula is C44H42N4O12. The van der Waals surface area contributed by atoms with Crippen molar-refractivity contribution in [1.29, 1.82) is 0 Å². The summed E-state index contributed by atoms with van der Waals surface area (Å²) in [5, 5.41) is 36.8. The van der Waals surface area contributed by atoms with Gasteiger partial charge in [-0.05, 0) is 50.5 Å². The predicted octanol–water partition coefficient (Wildman–Crippen LogP) is 7.00. The first kappa shape index (κ1) is 43.7. The van der Waals surface area contributed by atoms with Crippen molar-refractivity contribution in [2.24, 2.45) is 0 Å². The summed E-state index contributed by atoms with van der Waals surface area (Å²) >= 11 is 0. The SMILES string of the molecule is COCCN1C(C)=C(C(=O)OCC=CC=Cc2ccccc2)C(c2cccc([N+](=O)[O-])c2)C(C(=O)OC(=O)C2=C(C)NC(C)=C(C(=O)O)C2c2cccc([N+](=O)[O-])c2)=C1C. The number of hydrogen-bond acceptors (Lipinski definition) is 13. The first-order chi connectivity index (χ1) is 28.7. The number of ether oxygens (including phenoxy) is 3. The molecule has 2 heterocycles. The highest BCUT2D eigenvalue weighted by Gasteiger charge is 2.44. The fourth-order valence-electron chi connectivity index (χ4n) is 7.26. The van der Waals surface area contributed by atoms with E-state index in [2.05, 4.69) is 5.32 Å². The normalized spacial score (nSPS) is 17.0. The van der Waals surface area contributed by atoms with Crippen molar-refractivity contribution < 1.29 is 48.3 Å².